The van der Waals surface area contributed by atoms with Crippen LogP contribution in [0.2, 0.25) is 0 Å². The fraction of sp³-hybridized carbons (Fsp3) is 0.231. The zero-order valence-electron chi connectivity index (χ0n) is 8.99. The molecule has 1 aliphatic carbocycles. The first kappa shape index (κ1) is 11.1. The van der Waals surface area contributed by atoms with E-state index in [9.17, 15) is 9.59 Å². The standard InChI is InChI=1S/C13H12O2S/c1-8-9(6-7-16)13(15)11-5-3-2-4-10(11)12(8)14/h2-5,16H,6-7H2,1H3. The lowest BCUT2D eigenvalue weighted by Crippen LogP contribution is -2.21. The number of hydrogen-bond acceptors (Lipinski definition) is 3. The molecular formula is C13H12O2S. The number of hydrogen-bond donors (Lipinski definition) is 1. The Kier molecular flexibility index (Phi) is 2.97. The molecule has 82 valence electrons. The Morgan fingerprint density at radius 3 is 2.19 bits per heavy atom. The van der Waals surface area contributed by atoms with Gasteiger partial charge < -0.3 is 0 Å². The van der Waals surface area contributed by atoms with Gasteiger partial charge in [-0.2, -0.15) is 12.6 Å². The van der Waals surface area contributed by atoms with Crippen molar-refractivity contribution in [1.82, 2.24) is 0 Å². The third kappa shape index (κ3) is 1.61. The predicted octanol–water partition coefficient (Wildman–Crippen LogP) is 2.70. The highest BCUT2D eigenvalue weighted by Gasteiger charge is 2.28. The van der Waals surface area contributed by atoms with Gasteiger partial charge in [0, 0.05) is 22.3 Å². The van der Waals surface area contributed by atoms with E-state index in [4.69, 9.17) is 0 Å². The molecule has 16 heavy (non-hydrogen) atoms. The van der Waals surface area contributed by atoms with Crippen molar-refractivity contribution in [3.63, 3.8) is 0 Å². The number of thiol groups is 1. The highest BCUT2D eigenvalue weighted by atomic mass is 32.1. The van der Waals surface area contributed by atoms with Crippen LogP contribution in [0.4, 0.5) is 0 Å². The summed E-state index contributed by atoms with van der Waals surface area (Å²) in [6, 6.07) is 6.97. The summed E-state index contributed by atoms with van der Waals surface area (Å²) < 4.78 is 0. The van der Waals surface area contributed by atoms with Crippen molar-refractivity contribution in [1.29, 1.82) is 0 Å². The zero-order valence-corrected chi connectivity index (χ0v) is 9.88. The minimum atomic E-state index is -0.0352. The van der Waals surface area contributed by atoms with E-state index in [0.29, 0.717) is 34.4 Å². The number of rotatable bonds is 2. The van der Waals surface area contributed by atoms with Gasteiger partial charge in [0.1, 0.15) is 0 Å². The van der Waals surface area contributed by atoms with E-state index in [1.54, 1.807) is 31.2 Å². The summed E-state index contributed by atoms with van der Waals surface area (Å²) in [5.74, 6) is 0.516. The smallest absolute Gasteiger partial charge is 0.190 e. The Hall–Kier alpha value is -1.35. The molecule has 0 heterocycles. The summed E-state index contributed by atoms with van der Waals surface area (Å²) in [5, 5.41) is 0. The largest absolute Gasteiger partial charge is 0.289 e. The molecule has 2 rings (SSSR count). The van der Waals surface area contributed by atoms with Crippen LogP contribution >= 0.6 is 12.6 Å². The molecule has 0 N–H and O–H groups in total. The molecule has 0 aromatic heterocycles. The third-order valence-electron chi connectivity index (χ3n) is 2.85. The average Bonchev–Trinajstić information content (AvgIpc) is 2.32. The topological polar surface area (TPSA) is 34.1 Å². The van der Waals surface area contributed by atoms with Crippen LogP contribution in [0.1, 0.15) is 34.1 Å². The van der Waals surface area contributed by atoms with Crippen molar-refractivity contribution in [2.75, 3.05) is 5.75 Å². The van der Waals surface area contributed by atoms with Gasteiger partial charge in [-0.25, -0.2) is 0 Å². The van der Waals surface area contributed by atoms with Crippen LogP contribution in [0.15, 0.2) is 35.4 Å². The van der Waals surface area contributed by atoms with Crippen LogP contribution in [-0.4, -0.2) is 17.3 Å². The monoisotopic (exact) mass is 232 g/mol. The summed E-state index contributed by atoms with van der Waals surface area (Å²) >= 11 is 4.11. The molecule has 0 unspecified atom stereocenters. The second-order valence-electron chi connectivity index (χ2n) is 3.78. The average molecular weight is 232 g/mol. The Morgan fingerprint density at radius 1 is 1.06 bits per heavy atom. The van der Waals surface area contributed by atoms with Gasteiger partial charge >= 0.3 is 0 Å². The lowest BCUT2D eigenvalue weighted by atomic mass is 9.84. The SMILES string of the molecule is CC1=C(CCS)C(=O)c2ccccc2C1=O. The van der Waals surface area contributed by atoms with Crippen LogP contribution in [-0.2, 0) is 0 Å². The van der Waals surface area contributed by atoms with Crippen molar-refractivity contribution in [3.05, 3.63) is 46.5 Å². The van der Waals surface area contributed by atoms with Crippen molar-refractivity contribution in [2.45, 2.75) is 13.3 Å². The summed E-state index contributed by atoms with van der Waals surface area (Å²) in [7, 11) is 0. The van der Waals surface area contributed by atoms with Crippen LogP contribution in [0.3, 0.4) is 0 Å². The van der Waals surface area contributed by atoms with Crippen LogP contribution in [0.5, 0.6) is 0 Å². The molecule has 0 fully saturated rings. The van der Waals surface area contributed by atoms with E-state index in [1.807, 2.05) is 0 Å². The Balaban J connectivity index is 2.58. The van der Waals surface area contributed by atoms with Gasteiger partial charge in [0.25, 0.3) is 0 Å². The van der Waals surface area contributed by atoms with Gasteiger partial charge in [0.15, 0.2) is 11.6 Å². The molecule has 0 bridgehead atoms. The number of allylic oxidation sites excluding steroid dienone is 2. The zero-order chi connectivity index (χ0) is 11.7. The first-order chi connectivity index (χ1) is 7.66. The van der Waals surface area contributed by atoms with Crippen LogP contribution in [0.25, 0.3) is 0 Å². The lowest BCUT2D eigenvalue weighted by molar-refractivity contribution is 0.0972. The molecule has 0 atom stereocenters. The molecule has 1 aromatic carbocycles. The maximum Gasteiger partial charge on any atom is 0.190 e. The molecule has 0 saturated carbocycles. The van der Waals surface area contributed by atoms with Gasteiger partial charge in [-0.1, -0.05) is 24.3 Å². The Bertz CT molecular complexity index is 500. The number of Topliss-reactive ketones (excluding diaryl/α,β-unsaturated/α-hetero) is 2. The number of carbonyl (C=O) groups is 2. The van der Waals surface area contributed by atoms with Gasteiger partial charge in [-0.3, -0.25) is 9.59 Å². The minimum absolute atomic E-state index is 0.0262. The molecular weight excluding hydrogens is 220 g/mol. The second kappa shape index (κ2) is 4.26. The maximum atomic E-state index is 12.1. The minimum Gasteiger partial charge on any atom is -0.289 e. The fourth-order valence-electron chi connectivity index (χ4n) is 1.96. The number of ketones is 2. The number of carbonyl (C=O) groups excluding carboxylic acids is 2. The molecule has 3 heteroatoms. The summed E-state index contributed by atoms with van der Waals surface area (Å²) in [6.45, 7) is 1.72. The van der Waals surface area contributed by atoms with Crippen molar-refractivity contribution < 1.29 is 9.59 Å². The van der Waals surface area contributed by atoms with Crippen molar-refractivity contribution in [2.24, 2.45) is 0 Å². The van der Waals surface area contributed by atoms with Gasteiger partial charge in [-0.05, 0) is 19.1 Å². The lowest BCUT2D eigenvalue weighted by Gasteiger charge is -2.18. The van der Waals surface area contributed by atoms with Gasteiger partial charge in [0.05, 0.1) is 0 Å². The number of benzene rings is 1. The summed E-state index contributed by atoms with van der Waals surface area (Å²) in [5.41, 5.74) is 2.22. The molecule has 0 saturated heterocycles. The molecule has 0 spiro atoms. The van der Waals surface area contributed by atoms with E-state index >= 15 is 0 Å². The van der Waals surface area contributed by atoms with E-state index < -0.39 is 0 Å². The fourth-order valence-corrected chi connectivity index (χ4v) is 2.19. The first-order valence-electron chi connectivity index (χ1n) is 5.16. The highest BCUT2D eigenvalue weighted by molar-refractivity contribution is 7.80. The van der Waals surface area contributed by atoms with E-state index in [0.717, 1.165) is 0 Å². The predicted molar refractivity (Wildman–Crippen MR) is 66.3 cm³/mol. The normalized spacial score (nSPS) is 15.4. The Labute approximate surface area is 99.8 Å². The molecule has 0 amide bonds. The second-order valence-corrected chi connectivity index (χ2v) is 4.23. The van der Waals surface area contributed by atoms with Crippen LogP contribution < -0.4 is 0 Å². The van der Waals surface area contributed by atoms with Crippen molar-refractivity contribution in [3.8, 4) is 0 Å². The molecule has 0 aliphatic heterocycles. The van der Waals surface area contributed by atoms with Crippen molar-refractivity contribution >= 4 is 24.2 Å². The maximum absolute atomic E-state index is 12.1. The molecule has 2 nitrogen and oxygen atoms in total. The molecule has 1 aliphatic rings. The van der Waals surface area contributed by atoms with Gasteiger partial charge in [-0.15, -0.1) is 0 Å². The summed E-state index contributed by atoms with van der Waals surface area (Å²) in [4.78, 5) is 24.1. The molecule has 0 radical (unpaired) electrons. The van der Waals surface area contributed by atoms with Crippen LogP contribution in [0, 0.1) is 0 Å². The van der Waals surface area contributed by atoms with Gasteiger partial charge in [0.2, 0.25) is 0 Å². The quantitative estimate of drug-likeness (QED) is 0.795. The number of fused-ring (bicyclic) bond motifs is 1. The first-order valence-corrected chi connectivity index (χ1v) is 5.79. The highest BCUT2D eigenvalue weighted by Crippen LogP contribution is 2.27. The third-order valence-corrected chi connectivity index (χ3v) is 3.07. The molecule has 1 aromatic rings. The van der Waals surface area contributed by atoms with E-state index in [2.05, 4.69) is 12.6 Å². The van der Waals surface area contributed by atoms with E-state index in [1.165, 1.54) is 0 Å². The summed E-state index contributed by atoms with van der Waals surface area (Å²) in [6.07, 6.45) is 0.549. The Morgan fingerprint density at radius 2 is 1.62 bits per heavy atom. The van der Waals surface area contributed by atoms with E-state index in [-0.39, 0.29) is 11.6 Å².